The Bertz CT molecular complexity index is 1520. The van der Waals surface area contributed by atoms with Gasteiger partial charge in [0, 0.05) is 22.8 Å². The third-order valence-electron chi connectivity index (χ3n) is 4.66. The van der Waals surface area contributed by atoms with Gasteiger partial charge < -0.3 is 15.4 Å². The maximum atomic E-state index is 11.6. The molecule has 2 N–H and O–H groups in total. The minimum Gasteiger partial charge on any atom is -0.437 e. The van der Waals surface area contributed by atoms with Crippen LogP contribution in [0.3, 0.4) is 0 Å². The molecule has 3 aromatic heterocycles. The molecule has 0 spiro atoms. The number of carbonyl (C=O) groups excluding carboxylic acids is 1. The molecular formula is C22H15ClN8O2. The number of anilines is 3. The van der Waals surface area contributed by atoms with Gasteiger partial charge in [-0.2, -0.15) is 0 Å². The summed E-state index contributed by atoms with van der Waals surface area (Å²) in [4.78, 5) is 24.4. The van der Waals surface area contributed by atoms with Gasteiger partial charge in [-0.15, -0.1) is 10.2 Å². The fourth-order valence-electron chi connectivity index (χ4n) is 3.10. The Balaban J connectivity index is 1.40. The van der Waals surface area contributed by atoms with Gasteiger partial charge >= 0.3 is 0 Å². The van der Waals surface area contributed by atoms with Gasteiger partial charge in [-0.05, 0) is 42.5 Å². The van der Waals surface area contributed by atoms with Gasteiger partial charge in [0.05, 0.1) is 10.5 Å². The molecule has 2 aromatic carbocycles. The van der Waals surface area contributed by atoms with Crippen LogP contribution in [-0.4, -0.2) is 35.5 Å². The predicted molar refractivity (Wildman–Crippen MR) is 124 cm³/mol. The number of fused-ring (bicyclic) bond motifs is 2. The van der Waals surface area contributed by atoms with E-state index in [2.05, 4.69) is 42.4 Å². The van der Waals surface area contributed by atoms with Crippen molar-refractivity contribution in [2.24, 2.45) is 0 Å². The highest BCUT2D eigenvalue weighted by molar-refractivity contribution is 6.32. The Morgan fingerprint density at radius 2 is 1.94 bits per heavy atom. The van der Waals surface area contributed by atoms with Gasteiger partial charge in [0.2, 0.25) is 11.8 Å². The standard InChI is InChI=1S/C22H15ClN8O2/c1-2-20(32)28-13-3-5-17-15(7-13)22(25-10-24-17)29-14-4-6-18(16(23)8-14)33-21-9-19-30-27-12-31(19)11-26-21/h2-12H,1H2,(H,28,32)(H,24,25,29). The number of hydrogen-bond acceptors (Lipinski definition) is 8. The zero-order valence-corrected chi connectivity index (χ0v) is 17.7. The van der Waals surface area contributed by atoms with Crippen molar-refractivity contribution in [2.45, 2.75) is 0 Å². The van der Waals surface area contributed by atoms with E-state index in [9.17, 15) is 4.79 Å². The van der Waals surface area contributed by atoms with Crippen LogP contribution in [0.4, 0.5) is 17.2 Å². The number of rotatable bonds is 6. The number of hydrogen-bond donors (Lipinski definition) is 2. The first-order valence-corrected chi connectivity index (χ1v) is 10.0. The molecule has 0 radical (unpaired) electrons. The summed E-state index contributed by atoms with van der Waals surface area (Å²) < 4.78 is 7.47. The fourth-order valence-corrected chi connectivity index (χ4v) is 3.32. The molecule has 33 heavy (non-hydrogen) atoms. The smallest absolute Gasteiger partial charge is 0.247 e. The Hall–Kier alpha value is -4.57. The number of halogens is 1. The van der Waals surface area contributed by atoms with Crippen LogP contribution >= 0.6 is 11.6 Å². The molecule has 0 atom stereocenters. The molecule has 0 unspecified atom stereocenters. The summed E-state index contributed by atoms with van der Waals surface area (Å²) >= 11 is 6.44. The van der Waals surface area contributed by atoms with Crippen LogP contribution in [0.2, 0.25) is 5.02 Å². The molecule has 162 valence electrons. The van der Waals surface area contributed by atoms with Crippen molar-refractivity contribution in [1.82, 2.24) is 29.5 Å². The normalized spacial score (nSPS) is 10.8. The van der Waals surface area contributed by atoms with E-state index in [0.717, 1.165) is 5.39 Å². The zero-order valence-electron chi connectivity index (χ0n) is 16.9. The van der Waals surface area contributed by atoms with Crippen LogP contribution in [0.1, 0.15) is 0 Å². The average molecular weight is 459 g/mol. The first-order valence-electron chi connectivity index (χ1n) is 9.67. The Morgan fingerprint density at radius 3 is 2.79 bits per heavy atom. The van der Waals surface area contributed by atoms with Gasteiger partial charge in [-0.3, -0.25) is 9.20 Å². The second kappa shape index (κ2) is 8.52. The molecule has 0 bridgehead atoms. The number of amides is 1. The van der Waals surface area contributed by atoms with Crippen molar-refractivity contribution in [2.75, 3.05) is 10.6 Å². The molecule has 5 aromatic rings. The van der Waals surface area contributed by atoms with E-state index >= 15 is 0 Å². The molecule has 0 aliphatic carbocycles. The topological polar surface area (TPSA) is 119 Å². The summed E-state index contributed by atoms with van der Waals surface area (Å²) in [7, 11) is 0. The fraction of sp³-hybridized carbons (Fsp3) is 0. The average Bonchev–Trinajstić information content (AvgIpc) is 3.29. The highest BCUT2D eigenvalue weighted by Gasteiger charge is 2.10. The molecule has 0 aliphatic heterocycles. The van der Waals surface area contributed by atoms with Crippen LogP contribution < -0.4 is 15.4 Å². The van der Waals surface area contributed by atoms with Gasteiger partial charge in [-0.25, -0.2) is 15.0 Å². The number of nitrogens with one attached hydrogen (secondary N) is 2. The SMILES string of the molecule is C=CC(=O)Nc1ccc2ncnc(Nc3ccc(Oc4cc5nncn5cn4)c(Cl)c3)c2c1. The summed E-state index contributed by atoms with van der Waals surface area (Å²) in [6.07, 6.45) is 5.77. The van der Waals surface area contributed by atoms with E-state index in [1.165, 1.54) is 12.4 Å². The highest BCUT2D eigenvalue weighted by Crippen LogP contribution is 2.33. The monoisotopic (exact) mass is 458 g/mol. The van der Waals surface area contributed by atoms with E-state index in [0.29, 0.717) is 45.0 Å². The lowest BCUT2D eigenvalue weighted by Crippen LogP contribution is -2.07. The van der Waals surface area contributed by atoms with E-state index in [1.54, 1.807) is 59.5 Å². The van der Waals surface area contributed by atoms with Gasteiger partial charge in [-0.1, -0.05) is 18.2 Å². The van der Waals surface area contributed by atoms with E-state index in [1.807, 2.05) is 0 Å². The molecule has 5 rings (SSSR count). The largest absolute Gasteiger partial charge is 0.437 e. The van der Waals surface area contributed by atoms with Crippen molar-refractivity contribution in [3.8, 4) is 11.6 Å². The molecule has 0 fully saturated rings. The summed E-state index contributed by atoms with van der Waals surface area (Å²) in [5.41, 5.74) is 2.61. The Labute approximate surface area is 191 Å². The second-order valence-electron chi connectivity index (χ2n) is 6.84. The molecule has 10 nitrogen and oxygen atoms in total. The number of aromatic nitrogens is 6. The first kappa shape index (κ1) is 20.3. The first-order chi connectivity index (χ1) is 16.1. The molecule has 1 amide bonds. The summed E-state index contributed by atoms with van der Waals surface area (Å²) in [5, 5.41) is 14.8. The lowest BCUT2D eigenvalue weighted by atomic mass is 10.2. The van der Waals surface area contributed by atoms with E-state index in [4.69, 9.17) is 16.3 Å². The van der Waals surface area contributed by atoms with Crippen molar-refractivity contribution in [3.05, 3.63) is 79.1 Å². The van der Waals surface area contributed by atoms with Crippen LogP contribution in [-0.2, 0) is 4.79 Å². The van der Waals surface area contributed by atoms with Gasteiger partial charge in [0.1, 0.15) is 30.5 Å². The highest BCUT2D eigenvalue weighted by atomic mass is 35.5. The number of nitrogens with zero attached hydrogens (tertiary/aromatic N) is 6. The molecule has 0 aliphatic rings. The van der Waals surface area contributed by atoms with Crippen LogP contribution in [0.15, 0.2) is 74.1 Å². The molecule has 3 heterocycles. The summed E-state index contributed by atoms with van der Waals surface area (Å²) in [6.45, 7) is 3.46. The van der Waals surface area contributed by atoms with Gasteiger partial charge in [0.15, 0.2) is 5.65 Å². The van der Waals surface area contributed by atoms with Crippen LogP contribution in [0.25, 0.3) is 16.6 Å². The lowest BCUT2D eigenvalue weighted by molar-refractivity contribution is -0.111. The Morgan fingerprint density at radius 1 is 1.06 bits per heavy atom. The third-order valence-corrected chi connectivity index (χ3v) is 4.96. The van der Waals surface area contributed by atoms with Crippen LogP contribution in [0.5, 0.6) is 11.6 Å². The third kappa shape index (κ3) is 4.27. The molecular weight excluding hydrogens is 444 g/mol. The molecule has 0 saturated carbocycles. The van der Waals surface area contributed by atoms with Gasteiger partial charge in [0.25, 0.3) is 0 Å². The number of carbonyl (C=O) groups is 1. The second-order valence-corrected chi connectivity index (χ2v) is 7.25. The summed E-state index contributed by atoms with van der Waals surface area (Å²) in [5.74, 6) is 1.02. The van der Waals surface area contributed by atoms with Crippen molar-refractivity contribution in [1.29, 1.82) is 0 Å². The lowest BCUT2D eigenvalue weighted by Gasteiger charge is -2.12. The zero-order chi connectivity index (χ0) is 22.8. The minimum atomic E-state index is -0.305. The Kier molecular flexibility index (Phi) is 5.25. The number of benzene rings is 2. The quantitative estimate of drug-likeness (QED) is 0.360. The van der Waals surface area contributed by atoms with Crippen molar-refractivity contribution < 1.29 is 9.53 Å². The maximum Gasteiger partial charge on any atom is 0.247 e. The van der Waals surface area contributed by atoms with E-state index < -0.39 is 0 Å². The predicted octanol–water partition coefficient (Wildman–Crippen LogP) is 4.38. The van der Waals surface area contributed by atoms with Crippen molar-refractivity contribution >= 4 is 51.3 Å². The molecule has 11 heteroatoms. The number of ether oxygens (including phenoxy) is 1. The summed E-state index contributed by atoms with van der Waals surface area (Å²) in [6, 6.07) is 12.2. The van der Waals surface area contributed by atoms with Crippen LogP contribution in [0, 0.1) is 0 Å². The van der Waals surface area contributed by atoms with E-state index in [-0.39, 0.29) is 5.91 Å². The minimum absolute atomic E-state index is 0.305. The van der Waals surface area contributed by atoms with Crippen molar-refractivity contribution in [3.63, 3.8) is 0 Å². The maximum absolute atomic E-state index is 11.6. The molecule has 0 saturated heterocycles.